The fourth-order valence-electron chi connectivity index (χ4n) is 8.92. The van der Waals surface area contributed by atoms with E-state index in [0.717, 1.165) is 40.8 Å². The van der Waals surface area contributed by atoms with E-state index in [4.69, 9.17) is 0 Å². The molecule has 2 aliphatic carbocycles. The average molecular weight is 644 g/mol. The molecule has 1 spiro atoms. The first-order valence-electron chi connectivity index (χ1n) is 18.0. The van der Waals surface area contributed by atoms with Crippen molar-refractivity contribution in [1.82, 2.24) is 4.57 Å². The van der Waals surface area contributed by atoms with E-state index < -0.39 is 5.41 Å². The zero-order valence-electron chi connectivity index (χ0n) is 28.6. The normalized spacial score (nSPS) is 13.2. The summed E-state index contributed by atoms with van der Waals surface area (Å²) in [5.41, 5.74) is 16.1. The van der Waals surface area contributed by atoms with E-state index in [1.54, 1.807) is 0 Å². The van der Waals surface area contributed by atoms with Crippen LogP contribution in [-0.4, -0.2) is 4.57 Å². The van der Waals surface area contributed by atoms with Crippen molar-refractivity contribution in [3.63, 3.8) is 0 Å². The molecule has 0 bridgehead atoms. The van der Waals surface area contributed by atoms with Crippen LogP contribution in [0, 0.1) is 22.7 Å². The Balaban J connectivity index is 1.35. The molecule has 0 unspecified atom stereocenters. The van der Waals surface area contributed by atoms with Crippen molar-refractivity contribution in [2.75, 3.05) is 0 Å². The summed E-state index contributed by atoms with van der Waals surface area (Å²) in [7, 11) is 0. The molecule has 3 nitrogen and oxygen atoms in total. The van der Waals surface area contributed by atoms with E-state index >= 15 is 0 Å². The average Bonchev–Trinajstić information content (AvgIpc) is 3.76. The van der Waals surface area contributed by atoms with Gasteiger partial charge in [-0.05, 0) is 142 Å². The van der Waals surface area contributed by atoms with Crippen LogP contribution in [0.15, 0.2) is 115 Å². The number of fused-ring (bicyclic) bond motifs is 13. The van der Waals surface area contributed by atoms with Crippen molar-refractivity contribution >= 4 is 21.8 Å². The highest BCUT2D eigenvalue weighted by Crippen LogP contribution is 2.63. The molecule has 1 heterocycles. The van der Waals surface area contributed by atoms with Gasteiger partial charge in [-0.25, -0.2) is 0 Å². The van der Waals surface area contributed by atoms with Crippen LogP contribution < -0.4 is 0 Å². The zero-order valence-corrected chi connectivity index (χ0v) is 28.6. The SMILES string of the molecule is CCCCc1ccc2c(c1)c1cc(CCCC)ccc1n2-c1ccc2c(c1)C1(c3ccccc3-2)c2cc(C#N)ccc2-c2ccc(C#N)cc21. The third kappa shape index (κ3) is 4.20. The number of unbranched alkanes of at least 4 members (excludes halogenated alkanes) is 2. The maximum absolute atomic E-state index is 10.1. The molecule has 240 valence electrons. The second-order valence-corrected chi connectivity index (χ2v) is 14.0. The Labute approximate surface area is 293 Å². The molecular formula is C47H37N3. The lowest BCUT2D eigenvalue weighted by Crippen LogP contribution is -2.26. The van der Waals surface area contributed by atoms with Gasteiger partial charge in [0.15, 0.2) is 0 Å². The zero-order chi connectivity index (χ0) is 34.0. The molecule has 0 fully saturated rings. The Morgan fingerprint density at radius 2 is 1.02 bits per heavy atom. The van der Waals surface area contributed by atoms with Gasteiger partial charge in [-0.2, -0.15) is 10.5 Å². The topological polar surface area (TPSA) is 52.5 Å². The Kier molecular flexibility index (Phi) is 7.01. The summed E-state index contributed by atoms with van der Waals surface area (Å²) in [6, 6.07) is 46.8. The van der Waals surface area contributed by atoms with Crippen molar-refractivity contribution in [3.8, 4) is 40.1 Å². The Hall–Kier alpha value is -5.90. The second-order valence-electron chi connectivity index (χ2n) is 14.0. The van der Waals surface area contributed by atoms with Gasteiger partial charge in [0.1, 0.15) is 0 Å². The predicted octanol–water partition coefficient (Wildman–Crippen LogP) is 11.6. The molecule has 9 rings (SSSR count). The third-order valence-electron chi connectivity index (χ3n) is 11.2. The summed E-state index contributed by atoms with van der Waals surface area (Å²) in [6.45, 7) is 4.51. The van der Waals surface area contributed by atoms with Crippen LogP contribution in [0.5, 0.6) is 0 Å². The summed E-state index contributed by atoms with van der Waals surface area (Å²) in [6.07, 6.45) is 6.90. The van der Waals surface area contributed by atoms with E-state index in [1.807, 2.05) is 12.1 Å². The number of nitriles is 2. The lowest BCUT2D eigenvalue weighted by molar-refractivity contribution is 0.791. The molecule has 3 heteroatoms. The molecule has 0 N–H and O–H groups in total. The molecule has 0 saturated heterocycles. The van der Waals surface area contributed by atoms with Crippen LogP contribution in [0.1, 0.15) is 84.0 Å². The predicted molar refractivity (Wildman–Crippen MR) is 204 cm³/mol. The van der Waals surface area contributed by atoms with Crippen LogP contribution in [0.25, 0.3) is 49.7 Å². The van der Waals surface area contributed by atoms with Gasteiger partial charge in [0, 0.05) is 16.5 Å². The van der Waals surface area contributed by atoms with Crippen LogP contribution in [-0.2, 0) is 18.3 Å². The fourth-order valence-corrected chi connectivity index (χ4v) is 8.92. The van der Waals surface area contributed by atoms with Gasteiger partial charge in [-0.3, -0.25) is 0 Å². The Bertz CT molecular complexity index is 2470. The van der Waals surface area contributed by atoms with Gasteiger partial charge in [0.2, 0.25) is 0 Å². The first-order chi connectivity index (χ1) is 24.6. The van der Waals surface area contributed by atoms with Gasteiger partial charge >= 0.3 is 0 Å². The Morgan fingerprint density at radius 1 is 0.520 bits per heavy atom. The fraction of sp³-hybridized carbons (Fsp3) is 0.191. The highest BCUT2D eigenvalue weighted by molar-refractivity contribution is 6.10. The quantitative estimate of drug-likeness (QED) is 0.173. The van der Waals surface area contributed by atoms with Crippen molar-refractivity contribution in [2.24, 2.45) is 0 Å². The van der Waals surface area contributed by atoms with Crippen molar-refractivity contribution in [1.29, 1.82) is 10.5 Å². The van der Waals surface area contributed by atoms with Gasteiger partial charge in [0.05, 0.1) is 39.7 Å². The molecule has 0 atom stereocenters. The van der Waals surface area contributed by atoms with Gasteiger partial charge in [-0.1, -0.05) is 81.3 Å². The van der Waals surface area contributed by atoms with E-state index in [0.29, 0.717) is 11.1 Å². The number of rotatable bonds is 7. The highest BCUT2D eigenvalue weighted by atomic mass is 15.0. The largest absolute Gasteiger partial charge is 0.309 e. The molecule has 2 aliphatic rings. The maximum Gasteiger partial charge on any atom is 0.0991 e. The van der Waals surface area contributed by atoms with E-state index in [1.165, 1.54) is 80.9 Å². The molecule has 7 aromatic rings. The molecule has 0 radical (unpaired) electrons. The van der Waals surface area contributed by atoms with Crippen molar-refractivity contribution in [3.05, 3.63) is 160 Å². The summed E-state index contributed by atoms with van der Waals surface area (Å²) in [4.78, 5) is 0. The standard InChI is InChI=1S/C47H37N3/c1-3-5-9-30-15-21-45-39(23-30)40-24-31(10-6-4-2)16-22-46(40)50(45)34-17-20-38-35-11-7-8-12-41(35)47(44(38)27-34)42-25-32(28-48)13-18-36(42)37-19-14-33(29-49)26-43(37)47/h7-8,11-27H,3-6,9-10H2,1-2H3. The number of hydrogen-bond donors (Lipinski definition) is 0. The molecule has 0 saturated carbocycles. The highest BCUT2D eigenvalue weighted by Gasteiger charge is 2.52. The molecule has 6 aromatic carbocycles. The lowest BCUT2D eigenvalue weighted by Gasteiger charge is -2.31. The van der Waals surface area contributed by atoms with Gasteiger partial charge in [0.25, 0.3) is 0 Å². The number of hydrogen-bond acceptors (Lipinski definition) is 2. The number of benzene rings is 6. The molecule has 1 aromatic heterocycles. The molecule has 50 heavy (non-hydrogen) atoms. The van der Waals surface area contributed by atoms with Gasteiger partial charge in [-0.15, -0.1) is 0 Å². The minimum atomic E-state index is -0.661. The lowest BCUT2D eigenvalue weighted by atomic mass is 9.70. The van der Waals surface area contributed by atoms with E-state index in [-0.39, 0.29) is 0 Å². The maximum atomic E-state index is 10.1. The number of aryl methyl sites for hydroxylation is 2. The molecule has 0 aliphatic heterocycles. The van der Waals surface area contributed by atoms with Crippen LogP contribution in [0.4, 0.5) is 0 Å². The first kappa shape index (κ1) is 30.2. The number of aromatic nitrogens is 1. The van der Waals surface area contributed by atoms with Gasteiger partial charge < -0.3 is 4.57 Å². The smallest absolute Gasteiger partial charge is 0.0991 e. The van der Waals surface area contributed by atoms with E-state index in [2.05, 4.69) is 134 Å². The third-order valence-corrected chi connectivity index (χ3v) is 11.2. The van der Waals surface area contributed by atoms with Crippen LogP contribution in [0.2, 0.25) is 0 Å². The summed E-state index contributed by atoms with van der Waals surface area (Å²) < 4.78 is 2.45. The minimum Gasteiger partial charge on any atom is -0.309 e. The summed E-state index contributed by atoms with van der Waals surface area (Å²) in [5, 5.41) is 22.8. The minimum absolute atomic E-state index is 0.638. The van der Waals surface area contributed by atoms with Crippen molar-refractivity contribution in [2.45, 2.75) is 57.8 Å². The molecule has 0 amide bonds. The number of nitrogens with zero attached hydrogens (tertiary/aromatic N) is 3. The Morgan fingerprint density at radius 3 is 1.56 bits per heavy atom. The first-order valence-corrected chi connectivity index (χ1v) is 18.0. The second kappa shape index (κ2) is 11.6. The van der Waals surface area contributed by atoms with Crippen LogP contribution in [0.3, 0.4) is 0 Å². The summed E-state index contributed by atoms with van der Waals surface area (Å²) in [5.74, 6) is 0. The summed E-state index contributed by atoms with van der Waals surface area (Å²) >= 11 is 0. The van der Waals surface area contributed by atoms with Crippen molar-refractivity contribution < 1.29 is 0 Å². The van der Waals surface area contributed by atoms with Crippen LogP contribution >= 0.6 is 0 Å². The van der Waals surface area contributed by atoms with E-state index in [9.17, 15) is 10.5 Å². The monoisotopic (exact) mass is 643 g/mol. The molecular weight excluding hydrogens is 607 g/mol.